The van der Waals surface area contributed by atoms with Crippen molar-refractivity contribution >= 4 is 0 Å². The van der Waals surface area contributed by atoms with Crippen LogP contribution in [0.3, 0.4) is 0 Å². The van der Waals surface area contributed by atoms with Gasteiger partial charge in [-0.25, -0.2) is 0 Å². The van der Waals surface area contributed by atoms with Crippen LogP contribution in [-0.4, -0.2) is 0 Å². The number of hydrogen-bond acceptors (Lipinski definition) is 0. The zero-order chi connectivity index (χ0) is 8.54. The minimum Gasteiger partial charge on any atom is -0.0599 e. The second-order valence-corrected chi connectivity index (χ2v) is 5.68. The fourth-order valence-electron chi connectivity index (χ4n) is 1.13. The van der Waals surface area contributed by atoms with Crippen LogP contribution >= 0.6 is 0 Å². The molecule has 2 aliphatic carbocycles. The molecule has 0 atom stereocenters. The summed E-state index contributed by atoms with van der Waals surface area (Å²) in [5, 5.41) is 0. The molecule has 0 aliphatic heterocycles. The van der Waals surface area contributed by atoms with E-state index in [1.807, 2.05) is 0 Å². The third-order valence-corrected chi connectivity index (χ3v) is 2.96. The summed E-state index contributed by atoms with van der Waals surface area (Å²) >= 11 is 0. The van der Waals surface area contributed by atoms with Crippen molar-refractivity contribution in [1.82, 2.24) is 0 Å². The van der Waals surface area contributed by atoms with Gasteiger partial charge in [0.05, 0.1) is 0 Å². The monoisotopic (exact) mass is 154 g/mol. The molecule has 0 aromatic carbocycles. The second-order valence-electron chi connectivity index (χ2n) is 5.68. The fourth-order valence-corrected chi connectivity index (χ4v) is 1.13. The maximum atomic E-state index is 2.33. The van der Waals surface area contributed by atoms with E-state index in [0.29, 0.717) is 0 Å². The predicted molar refractivity (Wildman–Crippen MR) is 50.6 cm³/mol. The lowest BCUT2D eigenvalue weighted by Crippen LogP contribution is -2.20. The summed E-state index contributed by atoms with van der Waals surface area (Å²) in [6, 6.07) is 0. The summed E-state index contributed by atoms with van der Waals surface area (Å²) in [7, 11) is 0. The summed E-state index contributed by atoms with van der Waals surface area (Å²) in [4.78, 5) is 0. The van der Waals surface area contributed by atoms with Crippen LogP contribution in [-0.2, 0) is 0 Å². The quantitative estimate of drug-likeness (QED) is 0.494. The molecule has 0 spiro atoms. The van der Waals surface area contributed by atoms with Crippen molar-refractivity contribution in [2.75, 3.05) is 0 Å². The molecule has 2 rings (SSSR count). The average Bonchev–Trinajstić information content (AvgIpc) is 2.44. The van der Waals surface area contributed by atoms with E-state index in [-0.39, 0.29) is 0 Å². The smallest absolute Gasteiger partial charge is 0.0354 e. The third kappa shape index (κ3) is 3.79. The van der Waals surface area contributed by atoms with E-state index in [1.165, 1.54) is 32.1 Å². The van der Waals surface area contributed by atoms with E-state index in [0.717, 1.165) is 10.8 Å². The number of hydrogen-bond donors (Lipinski definition) is 0. The first kappa shape index (κ1) is 9.09. The van der Waals surface area contributed by atoms with Gasteiger partial charge in [-0.15, -0.1) is 0 Å². The summed E-state index contributed by atoms with van der Waals surface area (Å²) in [5.74, 6) is 0. The van der Waals surface area contributed by atoms with E-state index in [2.05, 4.69) is 27.7 Å². The molecule has 0 amide bonds. The predicted octanol–water partition coefficient (Wildman–Crippen LogP) is 4.00. The molecule has 2 aliphatic rings. The standard InChI is InChI=1S/C6H12.C5H10/c1-6(2)4-3-5-6;1-5(2)3-4-5/h3-5H2,1-2H3;3-4H2,1-2H3. The van der Waals surface area contributed by atoms with E-state index in [9.17, 15) is 0 Å². The zero-order valence-corrected chi connectivity index (χ0v) is 8.54. The van der Waals surface area contributed by atoms with Gasteiger partial charge in [0.2, 0.25) is 0 Å². The van der Waals surface area contributed by atoms with Gasteiger partial charge in [-0.05, 0) is 36.5 Å². The van der Waals surface area contributed by atoms with Crippen molar-refractivity contribution in [1.29, 1.82) is 0 Å². The maximum absolute atomic E-state index is 2.33. The first-order valence-electron chi connectivity index (χ1n) is 4.91. The lowest BCUT2D eigenvalue weighted by Gasteiger charge is -2.33. The zero-order valence-electron chi connectivity index (χ0n) is 8.54. The topological polar surface area (TPSA) is 0 Å². The Bertz CT molecular complexity index is 119. The minimum atomic E-state index is 0.722. The van der Waals surface area contributed by atoms with E-state index in [4.69, 9.17) is 0 Å². The molecule has 0 nitrogen and oxygen atoms in total. The molecule has 66 valence electrons. The lowest BCUT2D eigenvalue weighted by molar-refractivity contribution is 0.190. The van der Waals surface area contributed by atoms with Crippen LogP contribution in [0.1, 0.15) is 59.8 Å². The molecular weight excluding hydrogens is 132 g/mol. The molecule has 0 heterocycles. The molecule has 2 saturated carbocycles. The highest BCUT2D eigenvalue weighted by Crippen LogP contribution is 2.43. The van der Waals surface area contributed by atoms with Crippen LogP contribution < -0.4 is 0 Å². The van der Waals surface area contributed by atoms with Gasteiger partial charge in [0.1, 0.15) is 0 Å². The minimum absolute atomic E-state index is 0.722. The Kier molecular flexibility index (Phi) is 2.32. The lowest BCUT2D eigenvalue weighted by atomic mass is 9.72. The van der Waals surface area contributed by atoms with Gasteiger partial charge in [0.15, 0.2) is 0 Å². The highest BCUT2D eigenvalue weighted by Gasteiger charge is 2.30. The van der Waals surface area contributed by atoms with Crippen molar-refractivity contribution < 1.29 is 0 Å². The second kappa shape index (κ2) is 2.80. The molecular formula is C11H22. The SMILES string of the molecule is CC1(C)CC1.CC1(C)CCC1. The van der Waals surface area contributed by atoms with Gasteiger partial charge < -0.3 is 0 Å². The summed E-state index contributed by atoms with van der Waals surface area (Å²) in [6.07, 6.45) is 7.27. The number of rotatable bonds is 0. The van der Waals surface area contributed by atoms with E-state index < -0.39 is 0 Å². The summed E-state index contributed by atoms with van der Waals surface area (Å²) in [6.45, 7) is 9.26. The van der Waals surface area contributed by atoms with Crippen molar-refractivity contribution in [3.63, 3.8) is 0 Å². The molecule has 0 bridgehead atoms. The van der Waals surface area contributed by atoms with Crippen LogP contribution in [0, 0.1) is 10.8 Å². The summed E-state index contributed by atoms with van der Waals surface area (Å²) in [5.41, 5.74) is 1.47. The highest BCUT2D eigenvalue weighted by atomic mass is 14.4. The first-order chi connectivity index (χ1) is 4.91. The van der Waals surface area contributed by atoms with E-state index in [1.54, 1.807) is 0 Å². The van der Waals surface area contributed by atoms with Gasteiger partial charge in [0, 0.05) is 0 Å². The molecule has 0 aromatic heterocycles. The van der Waals surface area contributed by atoms with Gasteiger partial charge in [-0.3, -0.25) is 0 Å². The first-order valence-corrected chi connectivity index (χ1v) is 4.91. The Morgan fingerprint density at radius 2 is 0.818 bits per heavy atom. The molecule has 0 radical (unpaired) electrons. The van der Waals surface area contributed by atoms with Crippen LogP contribution in [0.25, 0.3) is 0 Å². The Labute approximate surface area is 71.4 Å². The van der Waals surface area contributed by atoms with Crippen LogP contribution in [0.5, 0.6) is 0 Å². The van der Waals surface area contributed by atoms with Crippen LogP contribution in [0.4, 0.5) is 0 Å². The molecule has 0 N–H and O–H groups in total. The average molecular weight is 154 g/mol. The molecule has 0 saturated heterocycles. The normalized spacial score (nSPS) is 29.5. The fraction of sp³-hybridized carbons (Fsp3) is 1.00. The van der Waals surface area contributed by atoms with Crippen molar-refractivity contribution in [2.45, 2.75) is 59.8 Å². The van der Waals surface area contributed by atoms with Gasteiger partial charge in [-0.2, -0.15) is 0 Å². The maximum Gasteiger partial charge on any atom is -0.0354 e. The Morgan fingerprint density at radius 3 is 0.818 bits per heavy atom. The Morgan fingerprint density at radius 1 is 0.636 bits per heavy atom. The molecule has 0 unspecified atom stereocenters. The molecule has 0 heteroatoms. The van der Waals surface area contributed by atoms with Gasteiger partial charge in [0.25, 0.3) is 0 Å². The molecule has 2 fully saturated rings. The van der Waals surface area contributed by atoms with Gasteiger partial charge in [-0.1, -0.05) is 34.1 Å². The van der Waals surface area contributed by atoms with Crippen LogP contribution in [0.15, 0.2) is 0 Å². The van der Waals surface area contributed by atoms with Gasteiger partial charge >= 0.3 is 0 Å². The molecule has 0 aromatic rings. The Balaban J connectivity index is 0.000000112. The van der Waals surface area contributed by atoms with Crippen molar-refractivity contribution in [3.8, 4) is 0 Å². The summed E-state index contributed by atoms with van der Waals surface area (Å²) < 4.78 is 0. The van der Waals surface area contributed by atoms with Crippen LogP contribution in [0.2, 0.25) is 0 Å². The largest absolute Gasteiger partial charge is 0.0599 e. The highest BCUT2D eigenvalue weighted by molar-refractivity contribution is 4.82. The van der Waals surface area contributed by atoms with Crippen molar-refractivity contribution in [3.05, 3.63) is 0 Å². The molecule has 11 heavy (non-hydrogen) atoms. The van der Waals surface area contributed by atoms with E-state index >= 15 is 0 Å². The van der Waals surface area contributed by atoms with Crippen molar-refractivity contribution in [2.24, 2.45) is 10.8 Å². The third-order valence-electron chi connectivity index (χ3n) is 2.96. The Hall–Kier alpha value is 0.